The van der Waals surface area contributed by atoms with E-state index in [9.17, 15) is 9.90 Å². The Morgan fingerprint density at radius 2 is 1.96 bits per heavy atom. The first-order valence-corrected chi connectivity index (χ1v) is 8.70. The highest BCUT2D eigenvalue weighted by Crippen LogP contribution is 2.24. The smallest absolute Gasteiger partial charge is 0.255 e. The average Bonchev–Trinajstić information content (AvgIpc) is 2.96. The molecule has 24 heavy (non-hydrogen) atoms. The second kappa shape index (κ2) is 6.51. The number of piperidine rings is 1. The minimum absolute atomic E-state index is 0.0308. The number of aryl methyl sites for hydroxylation is 1. The quantitative estimate of drug-likeness (QED) is 0.939. The van der Waals surface area contributed by atoms with Crippen molar-refractivity contribution in [3.05, 3.63) is 23.5 Å². The van der Waals surface area contributed by atoms with Crippen LogP contribution in [0.15, 0.2) is 12.3 Å². The third-order valence-electron chi connectivity index (χ3n) is 4.99. The largest absolute Gasteiger partial charge is 0.393 e. The molecule has 1 saturated heterocycles. The summed E-state index contributed by atoms with van der Waals surface area (Å²) in [5.41, 5.74) is 2.22. The van der Waals surface area contributed by atoms with Gasteiger partial charge >= 0.3 is 0 Å². The van der Waals surface area contributed by atoms with E-state index in [1.54, 1.807) is 6.20 Å². The van der Waals surface area contributed by atoms with Crippen molar-refractivity contribution in [3.63, 3.8) is 0 Å². The van der Waals surface area contributed by atoms with Crippen molar-refractivity contribution in [1.29, 1.82) is 0 Å². The van der Waals surface area contributed by atoms with Gasteiger partial charge < -0.3 is 10.0 Å². The van der Waals surface area contributed by atoms with E-state index in [4.69, 9.17) is 0 Å². The molecule has 1 amide bonds. The number of likely N-dealkylation sites (tertiary alicyclic amines) is 1. The summed E-state index contributed by atoms with van der Waals surface area (Å²) >= 11 is 0. The summed E-state index contributed by atoms with van der Waals surface area (Å²) in [7, 11) is 0. The van der Waals surface area contributed by atoms with Crippen molar-refractivity contribution < 1.29 is 9.90 Å². The molecule has 0 radical (unpaired) electrons. The number of nitrogens with zero attached hydrogens (tertiary/aromatic N) is 4. The molecule has 6 heteroatoms. The van der Waals surface area contributed by atoms with E-state index in [1.807, 2.05) is 29.5 Å². The van der Waals surface area contributed by atoms with Gasteiger partial charge in [-0.15, -0.1) is 0 Å². The number of carbonyl (C=O) groups excluding carboxylic acids is 1. The van der Waals surface area contributed by atoms with Gasteiger partial charge in [0.1, 0.15) is 0 Å². The highest BCUT2D eigenvalue weighted by Gasteiger charge is 2.27. The van der Waals surface area contributed by atoms with Crippen LogP contribution in [-0.2, 0) is 0 Å². The number of hydrogen-bond acceptors (Lipinski definition) is 4. The fourth-order valence-corrected chi connectivity index (χ4v) is 3.42. The lowest BCUT2D eigenvalue weighted by molar-refractivity contribution is 0.0520. The topological polar surface area (TPSA) is 71.2 Å². The summed E-state index contributed by atoms with van der Waals surface area (Å²) in [6.07, 6.45) is 3.18. The molecule has 0 saturated carbocycles. The molecule has 1 N–H and O–H groups in total. The molecule has 0 aliphatic carbocycles. The number of aliphatic hydroxyl groups is 1. The molecule has 0 aromatic carbocycles. The van der Waals surface area contributed by atoms with Crippen LogP contribution in [0.1, 0.15) is 55.7 Å². The van der Waals surface area contributed by atoms with Gasteiger partial charge in [-0.05, 0) is 52.5 Å². The van der Waals surface area contributed by atoms with Gasteiger partial charge in [-0.25, -0.2) is 9.67 Å². The van der Waals surface area contributed by atoms with Crippen molar-refractivity contribution in [1.82, 2.24) is 19.7 Å². The molecule has 0 spiro atoms. The summed E-state index contributed by atoms with van der Waals surface area (Å²) in [6.45, 7) is 9.22. The zero-order chi connectivity index (χ0) is 17.4. The molecular weight excluding hydrogens is 304 g/mol. The zero-order valence-corrected chi connectivity index (χ0v) is 14.9. The molecule has 3 heterocycles. The number of fused-ring (bicyclic) bond motifs is 1. The van der Waals surface area contributed by atoms with Gasteiger partial charge in [-0.1, -0.05) is 0 Å². The van der Waals surface area contributed by atoms with Crippen molar-refractivity contribution in [2.45, 2.75) is 52.7 Å². The predicted octanol–water partition coefficient (Wildman–Crippen LogP) is 2.55. The molecule has 1 fully saturated rings. The lowest BCUT2D eigenvalue weighted by Gasteiger charge is -2.33. The lowest BCUT2D eigenvalue weighted by atomic mass is 9.92. The maximum absolute atomic E-state index is 12.9. The first-order valence-electron chi connectivity index (χ1n) is 8.70. The molecule has 0 bridgehead atoms. The van der Waals surface area contributed by atoms with E-state index in [-0.39, 0.29) is 18.1 Å². The Morgan fingerprint density at radius 1 is 1.29 bits per heavy atom. The van der Waals surface area contributed by atoms with Crippen LogP contribution in [0.3, 0.4) is 0 Å². The molecular formula is C18H26N4O2. The first-order chi connectivity index (χ1) is 11.4. The minimum atomic E-state index is -0.302. The molecule has 1 atom stereocenters. The van der Waals surface area contributed by atoms with Crippen LogP contribution < -0.4 is 0 Å². The Morgan fingerprint density at radius 3 is 2.54 bits per heavy atom. The van der Waals surface area contributed by atoms with Gasteiger partial charge in [-0.2, -0.15) is 5.10 Å². The van der Waals surface area contributed by atoms with Crippen LogP contribution in [0.4, 0.5) is 0 Å². The summed E-state index contributed by atoms with van der Waals surface area (Å²) in [5, 5.41) is 15.0. The van der Waals surface area contributed by atoms with Crippen LogP contribution in [-0.4, -0.2) is 49.9 Å². The summed E-state index contributed by atoms with van der Waals surface area (Å²) in [5.74, 6) is 0.322. The van der Waals surface area contributed by atoms with Gasteiger partial charge in [0.25, 0.3) is 5.91 Å². The molecule has 1 aliphatic heterocycles. The van der Waals surface area contributed by atoms with Gasteiger partial charge in [0.15, 0.2) is 5.65 Å². The highest BCUT2D eigenvalue weighted by molar-refractivity contribution is 5.98. The van der Waals surface area contributed by atoms with E-state index in [1.165, 1.54) is 0 Å². The summed E-state index contributed by atoms with van der Waals surface area (Å²) in [6, 6.07) is 2.14. The number of aliphatic hydroxyl groups excluding tert-OH is 1. The normalized spacial score (nSPS) is 17.7. The number of hydrogen-bond donors (Lipinski definition) is 1. The first kappa shape index (κ1) is 16.9. The van der Waals surface area contributed by atoms with E-state index < -0.39 is 0 Å². The second-order valence-electron chi connectivity index (χ2n) is 7.09. The number of pyridine rings is 1. The van der Waals surface area contributed by atoms with Crippen LogP contribution >= 0.6 is 0 Å². The minimum Gasteiger partial charge on any atom is -0.393 e. The SMILES string of the molecule is Cc1nc2c(cnn2C(C)C)cc1C(=O)N1CCC(C(C)O)CC1. The zero-order valence-electron chi connectivity index (χ0n) is 14.9. The maximum Gasteiger partial charge on any atom is 0.255 e. The third-order valence-corrected chi connectivity index (χ3v) is 4.99. The molecule has 130 valence electrons. The lowest BCUT2D eigenvalue weighted by Crippen LogP contribution is -2.41. The van der Waals surface area contributed by atoms with E-state index in [0.717, 1.165) is 29.6 Å². The number of carbonyl (C=O) groups is 1. The Hall–Kier alpha value is -1.95. The van der Waals surface area contributed by atoms with Gasteiger partial charge in [0, 0.05) is 24.5 Å². The molecule has 3 rings (SSSR count). The van der Waals surface area contributed by atoms with Crippen molar-refractivity contribution in [2.24, 2.45) is 5.92 Å². The van der Waals surface area contributed by atoms with E-state index >= 15 is 0 Å². The fourth-order valence-electron chi connectivity index (χ4n) is 3.42. The Labute approximate surface area is 142 Å². The number of aromatic nitrogens is 3. The monoisotopic (exact) mass is 330 g/mol. The van der Waals surface area contributed by atoms with E-state index in [0.29, 0.717) is 24.6 Å². The average molecular weight is 330 g/mol. The van der Waals surface area contributed by atoms with Crippen LogP contribution in [0.2, 0.25) is 0 Å². The Kier molecular flexibility index (Phi) is 4.58. The Bertz CT molecular complexity index is 743. The third kappa shape index (κ3) is 3.02. The second-order valence-corrected chi connectivity index (χ2v) is 7.09. The standard InChI is InChI=1S/C18H26N4O2/c1-11(2)22-17-15(10-19-22)9-16(12(3)20-17)18(24)21-7-5-14(6-8-21)13(4)23/h9-11,13-14,23H,5-8H2,1-4H3. The van der Waals surface area contributed by atoms with Gasteiger partial charge in [0.05, 0.1) is 23.6 Å². The van der Waals surface area contributed by atoms with E-state index in [2.05, 4.69) is 23.9 Å². The van der Waals surface area contributed by atoms with Crippen LogP contribution in [0.5, 0.6) is 0 Å². The van der Waals surface area contributed by atoms with Crippen molar-refractivity contribution >= 4 is 16.9 Å². The number of rotatable bonds is 3. The van der Waals surface area contributed by atoms with Crippen molar-refractivity contribution in [2.75, 3.05) is 13.1 Å². The molecule has 1 aliphatic rings. The molecule has 6 nitrogen and oxygen atoms in total. The highest BCUT2D eigenvalue weighted by atomic mass is 16.3. The molecule has 2 aromatic heterocycles. The van der Waals surface area contributed by atoms with Crippen LogP contribution in [0, 0.1) is 12.8 Å². The fraction of sp³-hybridized carbons (Fsp3) is 0.611. The van der Waals surface area contributed by atoms with Gasteiger partial charge in [-0.3, -0.25) is 4.79 Å². The molecule has 1 unspecified atom stereocenters. The van der Waals surface area contributed by atoms with Crippen molar-refractivity contribution in [3.8, 4) is 0 Å². The molecule has 2 aromatic rings. The van der Waals surface area contributed by atoms with Crippen LogP contribution in [0.25, 0.3) is 11.0 Å². The Balaban J connectivity index is 1.84. The van der Waals surface area contributed by atoms with Gasteiger partial charge in [0.2, 0.25) is 0 Å². The summed E-state index contributed by atoms with van der Waals surface area (Å²) in [4.78, 5) is 19.4. The number of amides is 1. The predicted molar refractivity (Wildman–Crippen MR) is 93.0 cm³/mol. The maximum atomic E-state index is 12.9. The summed E-state index contributed by atoms with van der Waals surface area (Å²) < 4.78 is 1.88.